The van der Waals surface area contributed by atoms with E-state index in [0.717, 1.165) is 55.1 Å². The van der Waals surface area contributed by atoms with Crippen molar-refractivity contribution in [2.45, 2.75) is 51.7 Å². The van der Waals surface area contributed by atoms with Crippen LogP contribution in [-0.2, 0) is 27.1 Å². The first-order chi connectivity index (χ1) is 15.5. The predicted octanol–water partition coefficient (Wildman–Crippen LogP) is 3.60. The molecule has 7 nitrogen and oxygen atoms in total. The molecule has 0 radical (unpaired) electrons. The maximum atomic E-state index is 12.6. The van der Waals surface area contributed by atoms with Crippen molar-refractivity contribution in [1.29, 1.82) is 0 Å². The van der Waals surface area contributed by atoms with Gasteiger partial charge in [0.05, 0.1) is 24.5 Å². The van der Waals surface area contributed by atoms with Gasteiger partial charge in [-0.15, -0.1) is 0 Å². The molecule has 2 aromatic rings. The summed E-state index contributed by atoms with van der Waals surface area (Å²) in [5, 5.41) is 3.52. The normalized spacial score (nSPS) is 18.6. The second kappa shape index (κ2) is 10.1. The molecular weight excluding hydrogens is 404 g/mol. The summed E-state index contributed by atoms with van der Waals surface area (Å²) in [6.45, 7) is 6.51. The number of ether oxygens (including phenoxy) is 2. The molecule has 0 amide bonds. The molecule has 0 unspecified atom stereocenters. The quantitative estimate of drug-likeness (QED) is 0.694. The second-order valence-electron chi connectivity index (χ2n) is 8.61. The van der Waals surface area contributed by atoms with Gasteiger partial charge < -0.3 is 19.7 Å². The Kier molecular flexibility index (Phi) is 7.05. The molecule has 0 spiro atoms. The molecule has 2 aliphatic heterocycles. The van der Waals surface area contributed by atoms with E-state index >= 15 is 0 Å². The standard InChI is InChI=1S/C25H32N4O3/c1-17(2)29-12-11-22-21(14-19(16-29)25(30)31-3)24(26-15-20-10-7-13-32-20)28-23(27-22)18-8-5-4-6-9-18/h4-6,8-9,16-17,20H,7,10-15H2,1-3H3,(H,26,27,28)/t20-/m0/s1. The Hall–Kier alpha value is -2.93. The highest BCUT2D eigenvalue weighted by Gasteiger charge is 2.25. The van der Waals surface area contributed by atoms with Crippen molar-refractivity contribution in [1.82, 2.24) is 14.9 Å². The van der Waals surface area contributed by atoms with E-state index in [-0.39, 0.29) is 18.1 Å². The molecule has 7 heteroatoms. The van der Waals surface area contributed by atoms with E-state index in [1.165, 1.54) is 7.11 Å². The van der Waals surface area contributed by atoms with Crippen LogP contribution in [0.3, 0.4) is 0 Å². The van der Waals surface area contributed by atoms with Gasteiger partial charge in [-0.3, -0.25) is 0 Å². The van der Waals surface area contributed by atoms with E-state index in [4.69, 9.17) is 19.4 Å². The number of hydrogen-bond donors (Lipinski definition) is 1. The van der Waals surface area contributed by atoms with Crippen LogP contribution in [0.5, 0.6) is 0 Å². The van der Waals surface area contributed by atoms with Crippen LogP contribution in [0.25, 0.3) is 11.4 Å². The Bertz CT molecular complexity index is 969. The number of carbonyl (C=O) groups excluding carboxylic acids is 1. The maximum absolute atomic E-state index is 12.6. The third-order valence-electron chi connectivity index (χ3n) is 6.05. The van der Waals surface area contributed by atoms with Crippen LogP contribution in [0.15, 0.2) is 42.1 Å². The monoisotopic (exact) mass is 436 g/mol. The molecule has 4 rings (SSSR count). The average Bonchev–Trinajstić information content (AvgIpc) is 3.31. The third-order valence-corrected chi connectivity index (χ3v) is 6.05. The van der Waals surface area contributed by atoms with E-state index < -0.39 is 0 Å². The SMILES string of the molecule is COC(=O)C1=CN(C(C)C)CCc2nc(-c3ccccc3)nc(NC[C@@H]3CCCO3)c2C1. The van der Waals surface area contributed by atoms with E-state index in [2.05, 4.69) is 24.1 Å². The average molecular weight is 437 g/mol. The van der Waals surface area contributed by atoms with Crippen molar-refractivity contribution in [2.24, 2.45) is 0 Å². The number of esters is 1. The minimum atomic E-state index is -0.319. The first-order valence-corrected chi connectivity index (χ1v) is 11.4. The summed E-state index contributed by atoms with van der Waals surface area (Å²) in [6, 6.07) is 10.3. The summed E-state index contributed by atoms with van der Waals surface area (Å²) in [4.78, 5) is 24.6. The van der Waals surface area contributed by atoms with Crippen LogP contribution >= 0.6 is 0 Å². The van der Waals surface area contributed by atoms with Crippen LogP contribution in [-0.4, -0.2) is 59.8 Å². The number of carbonyl (C=O) groups is 1. The van der Waals surface area contributed by atoms with Crippen LogP contribution in [0.2, 0.25) is 0 Å². The molecule has 3 heterocycles. The molecule has 0 bridgehead atoms. The van der Waals surface area contributed by atoms with Crippen molar-refractivity contribution in [3.05, 3.63) is 53.4 Å². The zero-order valence-corrected chi connectivity index (χ0v) is 19.1. The van der Waals surface area contributed by atoms with E-state index in [1.54, 1.807) is 0 Å². The fourth-order valence-electron chi connectivity index (χ4n) is 4.20. The van der Waals surface area contributed by atoms with Crippen molar-refractivity contribution in [2.75, 3.05) is 32.1 Å². The van der Waals surface area contributed by atoms with Crippen molar-refractivity contribution in [3.63, 3.8) is 0 Å². The number of fused-ring (bicyclic) bond motifs is 1. The Morgan fingerprint density at radius 1 is 1.28 bits per heavy atom. The second-order valence-corrected chi connectivity index (χ2v) is 8.61. The number of benzene rings is 1. The largest absolute Gasteiger partial charge is 0.466 e. The van der Waals surface area contributed by atoms with Gasteiger partial charge in [-0.2, -0.15) is 0 Å². The van der Waals surface area contributed by atoms with E-state index in [1.807, 2.05) is 36.5 Å². The minimum Gasteiger partial charge on any atom is -0.466 e. The molecule has 2 aliphatic rings. The Morgan fingerprint density at radius 2 is 2.09 bits per heavy atom. The number of aromatic nitrogens is 2. The van der Waals surface area contributed by atoms with E-state index in [0.29, 0.717) is 24.4 Å². The van der Waals surface area contributed by atoms with Gasteiger partial charge in [-0.25, -0.2) is 14.8 Å². The molecule has 1 fully saturated rings. The smallest absolute Gasteiger partial charge is 0.335 e. The highest BCUT2D eigenvalue weighted by atomic mass is 16.5. The summed E-state index contributed by atoms with van der Waals surface area (Å²) in [5.41, 5.74) is 3.51. The lowest BCUT2D eigenvalue weighted by molar-refractivity contribution is -0.136. The van der Waals surface area contributed by atoms with Crippen LogP contribution < -0.4 is 5.32 Å². The molecule has 1 atom stereocenters. The first kappa shape index (κ1) is 22.3. The highest BCUT2D eigenvalue weighted by molar-refractivity contribution is 5.89. The summed E-state index contributed by atoms with van der Waals surface area (Å²) in [6.07, 6.45) is 5.45. The van der Waals surface area contributed by atoms with Crippen LogP contribution in [0, 0.1) is 0 Å². The summed E-state index contributed by atoms with van der Waals surface area (Å²) < 4.78 is 10.9. The summed E-state index contributed by atoms with van der Waals surface area (Å²) in [5.74, 6) is 1.15. The predicted molar refractivity (Wildman–Crippen MR) is 124 cm³/mol. The van der Waals surface area contributed by atoms with Crippen molar-refractivity contribution in [3.8, 4) is 11.4 Å². The highest BCUT2D eigenvalue weighted by Crippen LogP contribution is 2.28. The number of hydrogen-bond acceptors (Lipinski definition) is 7. The number of anilines is 1. The molecule has 32 heavy (non-hydrogen) atoms. The zero-order chi connectivity index (χ0) is 22.5. The fourth-order valence-corrected chi connectivity index (χ4v) is 4.20. The van der Waals surface area contributed by atoms with Crippen molar-refractivity contribution >= 4 is 11.8 Å². The van der Waals surface area contributed by atoms with E-state index in [9.17, 15) is 4.79 Å². The molecule has 0 aliphatic carbocycles. The van der Waals surface area contributed by atoms with Gasteiger partial charge in [0.25, 0.3) is 0 Å². The zero-order valence-electron chi connectivity index (χ0n) is 19.1. The van der Waals surface area contributed by atoms with Gasteiger partial charge in [0.2, 0.25) is 0 Å². The summed E-state index contributed by atoms with van der Waals surface area (Å²) >= 11 is 0. The maximum Gasteiger partial charge on any atom is 0.335 e. The van der Waals surface area contributed by atoms with Gasteiger partial charge in [0.1, 0.15) is 5.82 Å². The molecule has 1 saturated heterocycles. The van der Waals surface area contributed by atoms with Gasteiger partial charge >= 0.3 is 5.97 Å². The first-order valence-electron chi connectivity index (χ1n) is 11.4. The Labute approximate surface area is 189 Å². The molecule has 170 valence electrons. The lowest BCUT2D eigenvalue weighted by Gasteiger charge is -2.29. The number of nitrogens with zero attached hydrogens (tertiary/aromatic N) is 3. The lowest BCUT2D eigenvalue weighted by Crippen LogP contribution is -2.31. The van der Waals surface area contributed by atoms with Gasteiger partial charge in [0.15, 0.2) is 5.82 Å². The van der Waals surface area contributed by atoms with Crippen LogP contribution in [0.1, 0.15) is 37.9 Å². The van der Waals surface area contributed by atoms with Crippen molar-refractivity contribution < 1.29 is 14.3 Å². The lowest BCUT2D eigenvalue weighted by atomic mass is 9.99. The molecule has 1 N–H and O–H groups in total. The number of nitrogens with one attached hydrogen (secondary N) is 1. The Balaban J connectivity index is 1.75. The number of methoxy groups -OCH3 is 1. The van der Waals surface area contributed by atoms with Gasteiger partial charge in [-0.1, -0.05) is 30.3 Å². The molecule has 0 saturated carbocycles. The minimum absolute atomic E-state index is 0.182. The molecular formula is C25H32N4O3. The third kappa shape index (κ3) is 5.10. The molecule has 1 aromatic heterocycles. The van der Waals surface area contributed by atoms with Gasteiger partial charge in [-0.05, 0) is 26.7 Å². The summed E-state index contributed by atoms with van der Waals surface area (Å²) in [7, 11) is 1.42. The van der Waals surface area contributed by atoms with Gasteiger partial charge in [0, 0.05) is 55.9 Å². The fraction of sp³-hybridized carbons (Fsp3) is 0.480. The number of rotatable bonds is 6. The van der Waals surface area contributed by atoms with Crippen LogP contribution in [0.4, 0.5) is 5.82 Å². The topological polar surface area (TPSA) is 76.6 Å². The molecule has 1 aromatic carbocycles. The Morgan fingerprint density at radius 3 is 2.78 bits per heavy atom.